The molecule has 4 rings (SSSR count). The van der Waals surface area contributed by atoms with Gasteiger partial charge in [-0.05, 0) is 29.8 Å². The number of nitrogens with zero attached hydrogens (tertiary/aromatic N) is 1. The molecule has 8 heteroatoms. The van der Waals surface area contributed by atoms with Crippen LogP contribution in [0.1, 0.15) is 16.7 Å². The molecule has 33 heavy (non-hydrogen) atoms. The molecular weight excluding hydrogens is 433 g/mol. The molecule has 0 atom stereocenters. The number of carbonyl (C=O) groups is 2. The van der Waals surface area contributed by atoms with E-state index < -0.39 is 23.6 Å². The molecule has 0 saturated carbocycles. The van der Waals surface area contributed by atoms with Crippen LogP contribution in [0.5, 0.6) is 5.75 Å². The molecule has 1 aliphatic rings. The lowest BCUT2D eigenvalue weighted by Crippen LogP contribution is -2.32. The Hall–Kier alpha value is -4.07. The maximum Gasteiger partial charge on any atom is 0.416 e. The summed E-state index contributed by atoms with van der Waals surface area (Å²) >= 11 is 0. The number of anilines is 1. The number of rotatable bonds is 6. The van der Waals surface area contributed by atoms with Crippen molar-refractivity contribution in [3.63, 3.8) is 0 Å². The molecule has 0 spiro atoms. The number of hydrogen-bond donors (Lipinski definition) is 1. The first-order valence-corrected chi connectivity index (χ1v) is 10.0. The molecular formula is C25H19F3N2O3. The van der Waals surface area contributed by atoms with E-state index in [9.17, 15) is 22.8 Å². The molecule has 3 aromatic rings. The number of methoxy groups -OCH3 is 1. The number of hydrogen-bond acceptors (Lipinski definition) is 4. The van der Waals surface area contributed by atoms with Crippen molar-refractivity contribution < 1.29 is 27.5 Å². The van der Waals surface area contributed by atoms with Crippen LogP contribution in [0.3, 0.4) is 0 Å². The lowest BCUT2D eigenvalue weighted by molar-refractivity contribution is -0.138. The molecule has 3 aromatic carbocycles. The number of nitrogens with one attached hydrogen (secondary N) is 1. The Labute approximate surface area is 188 Å². The molecule has 0 bridgehead atoms. The number of halogens is 3. The molecule has 1 heterocycles. The molecule has 1 aliphatic heterocycles. The summed E-state index contributed by atoms with van der Waals surface area (Å²) in [6, 6.07) is 20.1. The average Bonchev–Trinajstić information content (AvgIpc) is 3.03. The number of imide groups is 1. The van der Waals surface area contributed by atoms with Crippen molar-refractivity contribution in [1.82, 2.24) is 4.90 Å². The lowest BCUT2D eigenvalue weighted by atomic mass is 10.0. The number of para-hydroxylation sites is 1. The SMILES string of the molecule is COc1ccccc1C1=C(Nc2cccc(C(F)(F)F)c2)C(=O)N(Cc2ccccc2)C1=O. The van der Waals surface area contributed by atoms with Crippen LogP contribution in [-0.2, 0) is 22.3 Å². The zero-order valence-electron chi connectivity index (χ0n) is 17.5. The number of alkyl halides is 3. The van der Waals surface area contributed by atoms with E-state index in [1.165, 1.54) is 19.2 Å². The van der Waals surface area contributed by atoms with E-state index in [1.54, 1.807) is 48.5 Å². The van der Waals surface area contributed by atoms with Crippen LogP contribution in [0.15, 0.2) is 84.6 Å². The molecule has 1 N–H and O–H groups in total. The van der Waals surface area contributed by atoms with Gasteiger partial charge in [-0.3, -0.25) is 14.5 Å². The smallest absolute Gasteiger partial charge is 0.416 e. The summed E-state index contributed by atoms with van der Waals surface area (Å²) in [6.07, 6.45) is -4.55. The Bertz CT molecular complexity index is 1240. The second kappa shape index (κ2) is 8.82. The quantitative estimate of drug-likeness (QED) is 0.529. The van der Waals surface area contributed by atoms with Crippen LogP contribution in [0.25, 0.3) is 5.57 Å². The predicted molar refractivity (Wildman–Crippen MR) is 117 cm³/mol. The third-order valence-electron chi connectivity index (χ3n) is 5.19. The van der Waals surface area contributed by atoms with Crippen molar-refractivity contribution in [3.05, 3.63) is 101 Å². The van der Waals surface area contributed by atoms with Crippen molar-refractivity contribution in [1.29, 1.82) is 0 Å². The van der Waals surface area contributed by atoms with Crippen molar-refractivity contribution in [2.75, 3.05) is 12.4 Å². The predicted octanol–water partition coefficient (Wildman–Crippen LogP) is 5.11. The van der Waals surface area contributed by atoms with Gasteiger partial charge in [-0.2, -0.15) is 13.2 Å². The van der Waals surface area contributed by atoms with Gasteiger partial charge in [-0.15, -0.1) is 0 Å². The molecule has 168 valence electrons. The first-order chi connectivity index (χ1) is 15.8. The fourth-order valence-corrected chi connectivity index (χ4v) is 3.62. The maximum absolute atomic E-state index is 13.4. The molecule has 0 radical (unpaired) electrons. The van der Waals surface area contributed by atoms with E-state index in [0.29, 0.717) is 11.3 Å². The fraction of sp³-hybridized carbons (Fsp3) is 0.120. The number of ether oxygens (including phenoxy) is 1. The van der Waals surface area contributed by atoms with Crippen LogP contribution >= 0.6 is 0 Å². The molecule has 0 saturated heterocycles. The Morgan fingerprint density at radius 3 is 2.27 bits per heavy atom. The minimum absolute atomic E-state index is 0.0188. The Balaban J connectivity index is 1.79. The zero-order chi connectivity index (χ0) is 23.6. The van der Waals surface area contributed by atoms with Gasteiger partial charge in [0.15, 0.2) is 0 Å². The molecule has 0 aliphatic carbocycles. The summed E-state index contributed by atoms with van der Waals surface area (Å²) in [5.41, 5.74) is 0.188. The summed E-state index contributed by atoms with van der Waals surface area (Å²) < 4.78 is 44.9. The highest BCUT2D eigenvalue weighted by Crippen LogP contribution is 2.37. The van der Waals surface area contributed by atoms with Gasteiger partial charge in [0.05, 0.1) is 24.8 Å². The highest BCUT2D eigenvalue weighted by atomic mass is 19.4. The summed E-state index contributed by atoms with van der Waals surface area (Å²) in [6.45, 7) is 0.0188. The van der Waals surface area contributed by atoms with Crippen LogP contribution in [0, 0.1) is 0 Å². The molecule has 0 unspecified atom stereocenters. The molecule has 0 fully saturated rings. The zero-order valence-corrected chi connectivity index (χ0v) is 17.5. The van der Waals surface area contributed by atoms with Gasteiger partial charge in [0.1, 0.15) is 11.4 Å². The van der Waals surface area contributed by atoms with Crippen LogP contribution in [0.2, 0.25) is 0 Å². The molecule has 5 nitrogen and oxygen atoms in total. The van der Waals surface area contributed by atoms with E-state index in [4.69, 9.17) is 4.74 Å². The standard InChI is InChI=1S/C25H19F3N2O3/c1-33-20-13-6-5-12-19(20)21-22(29-18-11-7-10-17(14-18)25(26,27)28)24(32)30(23(21)31)15-16-8-3-2-4-9-16/h2-14,29H,15H2,1H3. The van der Waals surface area contributed by atoms with Crippen LogP contribution in [0.4, 0.5) is 18.9 Å². The van der Waals surface area contributed by atoms with E-state index in [0.717, 1.165) is 22.6 Å². The Kier molecular flexibility index (Phi) is 5.91. The molecule has 2 amide bonds. The van der Waals surface area contributed by atoms with Gasteiger partial charge in [0.2, 0.25) is 0 Å². The number of benzene rings is 3. The van der Waals surface area contributed by atoms with Gasteiger partial charge >= 0.3 is 6.18 Å². The highest BCUT2D eigenvalue weighted by Gasteiger charge is 2.40. The number of amides is 2. The van der Waals surface area contributed by atoms with E-state index in [2.05, 4.69) is 5.32 Å². The first kappa shape index (κ1) is 22.1. The average molecular weight is 452 g/mol. The first-order valence-electron chi connectivity index (χ1n) is 10.0. The Morgan fingerprint density at radius 1 is 0.879 bits per heavy atom. The van der Waals surface area contributed by atoms with Crippen molar-refractivity contribution >= 4 is 23.1 Å². The van der Waals surface area contributed by atoms with E-state index in [-0.39, 0.29) is 23.5 Å². The fourth-order valence-electron chi connectivity index (χ4n) is 3.62. The third-order valence-corrected chi connectivity index (χ3v) is 5.19. The minimum atomic E-state index is -4.55. The van der Waals surface area contributed by atoms with Gasteiger partial charge in [-0.1, -0.05) is 54.6 Å². The van der Waals surface area contributed by atoms with Crippen molar-refractivity contribution in [2.24, 2.45) is 0 Å². The lowest BCUT2D eigenvalue weighted by Gasteiger charge is -2.16. The van der Waals surface area contributed by atoms with Gasteiger partial charge in [-0.25, -0.2) is 0 Å². The Morgan fingerprint density at radius 2 is 1.58 bits per heavy atom. The van der Waals surface area contributed by atoms with Crippen molar-refractivity contribution in [3.8, 4) is 5.75 Å². The van der Waals surface area contributed by atoms with Crippen LogP contribution in [-0.4, -0.2) is 23.8 Å². The van der Waals surface area contributed by atoms with E-state index in [1.807, 2.05) is 6.07 Å². The second-order valence-electron chi connectivity index (χ2n) is 7.34. The van der Waals surface area contributed by atoms with Crippen LogP contribution < -0.4 is 10.1 Å². The van der Waals surface area contributed by atoms with Gasteiger partial charge in [0.25, 0.3) is 11.8 Å². The van der Waals surface area contributed by atoms with Gasteiger partial charge < -0.3 is 10.1 Å². The van der Waals surface area contributed by atoms with Crippen molar-refractivity contribution in [2.45, 2.75) is 12.7 Å². The minimum Gasteiger partial charge on any atom is -0.496 e. The maximum atomic E-state index is 13.4. The molecule has 0 aromatic heterocycles. The normalized spacial score (nSPS) is 14.1. The summed E-state index contributed by atoms with van der Waals surface area (Å²) in [4.78, 5) is 27.8. The summed E-state index contributed by atoms with van der Waals surface area (Å²) in [5, 5.41) is 2.76. The van der Waals surface area contributed by atoms with Gasteiger partial charge in [0, 0.05) is 11.3 Å². The monoisotopic (exact) mass is 452 g/mol. The second-order valence-corrected chi connectivity index (χ2v) is 7.34. The topological polar surface area (TPSA) is 58.6 Å². The summed E-state index contributed by atoms with van der Waals surface area (Å²) in [7, 11) is 1.43. The highest BCUT2D eigenvalue weighted by molar-refractivity contribution is 6.36. The largest absolute Gasteiger partial charge is 0.496 e. The van der Waals surface area contributed by atoms with E-state index >= 15 is 0 Å². The summed E-state index contributed by atoms with van der Waals surface area (Å²) in [5.74, 6) is -0.844. The third kappa shape index (κ3) is 4.45. The number of carbonyl (C=O) groups excluding carboxylic acids is 2.